The Morgan fingerprint density at radius 3 is 2.53 bits per heavy atom. The van der Waals surface area contributed by atoms with Crippen LogP contribution in [0.2, 0.25) is 5.02 Å². The van der Waals surface area contributed by atoms with Crippen LogP contribution in [0.15, 0.2) is 29.2 Å². The molecular weight excluding hydrogens is 304 g/mol. The van der Waals surface area contributed by atoms with Gasteiger partial charge in [-0.2, -0.15) is 4.31 Å². The molecule has 0 amide bonds. The number of piperidine rings is 1. The average molecular weight is 319 g/mol. The Bertz CT molecular complexity index is 572. The molecule has 0 aromatic heterocycles. The van der Waals surface area contributed by atoms with Crippen LogP contribution in [0.25, 0.3) is 0 Å². The lowest BCUT2D eigenvalue weighted by Gasteiger charge is -2.33. The number of rotatable bonds is 3. The van der Waals surface area contributed by atoms with E-state index in [9.17, 15) is 8.42 Å². The molecule has 1 aromatic carbocycles. The van der Waals surface area contributed by atoms with E-state index in [2.05, 4.69) is 0 Å². The third kappa shape index (κ3) is 3.08. The maximum absolute atomic E-state index is 12.6. The first-order chi connectivity index (χ1) is 8.93. The van der Waals surface area contributed by atoms with Crippen LogP contribution in [0.5, 0.6) is 0 Å². The Hall–Kier alpha value is -0.690. The number of hydrogen-bond acceptors (Lipinski definition) is 3. The van der Waals surface area contributed by atoms with Crippen LogP contribution in [0.3, 0.4) is 0 Å². The molecule has 0 bridgehead atoms. The molecule has 0 radical (unpaired) electrons. The number of thiocarbonyl (C=S) groups is 1. The van der Waals surface area contributed by atoms with E-state index >= 15 is 0 Å². The zero-order valence-electron chi connectivity index (χ0n) is 10.3. The molecule has 19 heavy (non-hydrogen) atoms. The molecular formula is C12H15ClN2O2S2. The van der Waals surface area contributed by atoms with Gasteiger partial charge in [-0.3, -0.25) is 0 Å². The standard InChI is InChI=1S/C12H15ClN2O2S2/c13-9-4-6-10(7-5-9)19(16,17)15-8-2-1-3-11(15)12(14)18/h4-7,11H,1-3,8H2,(H2,14,18). The minimum absolute atomic E-state index is 0.222. The van der Waals surface area contributed by atoms with Gasteiger partial charge >= 0.3 is 0 Å². The van der Waals surface area contributed by atoms with Gasteiger partial charge in [-0.05, 0) is 37.1 Å². The number of hydrogen-bond donors (Lipinski definition) is 1. The first-order valence-corrected chi connectivity index (χ1v) is 8.22. The molecule has 1 unspecified atom stereocenters. The first-order valence-electron chi connectivity index (χ1n) is 5.99. The lowest BCUT2D eigenvalue weighted by atomic mass is 10.1. The van der Waals surface area contributed by atoms with Crippen molar-refractivity contribution in [3.63, 3.8) is 0 Å². The van der Waals surface area contributed by atoms with Crippen LogP contribution < -0.4 is 5.73 Å². The molecule has 1 aromatic rings. The first kappa shape index (κ1) is 14.7. The maximum Gasteiger partial charge on any atom is 0.243 e. The Kier molecular flexibility index (Phi) is 4.45. The summed E-state index contributed by atoms with van der Waals surface area (Å²) in [5.74, 6) is 0. The highest BCUT2D eigenvalue weighted by Gasteiger charge is 2.34. The van der Waals surface area contributed by atoms with E-state index in [1.165, 1.54) is 16.4 Å². The largest absolute Gasteiger partial charge is 0.392 e. The summed E-state index contributed by atoms with van der Waals surface area (Å²) in [4.78, 5) is 0.456. The second-order valence-corrected chi connectivity index (χ2v) is 7.28. The maximum atomic E-state index is 12.6. The third-order valence-corrected chi connectivity index (χ3v) is 5.65. The molecule has 0 aliphatic carbocycles. The average Bonchev–Trinajstić information content (AvgIpc) is 2.39. The third-order valence-electron chi connectivity index (χ3n) is 3.20. The Morgan fingerprint density at radius 2 is 1.95 bits per heavy atom. The molecule has 1 fully saturated rings. The molecule has 104 valence electrons. The van der Waals surface area contributed by atoms with E-state index in [0.29, 0.717) is 18.0 Å². The normalized spacial score (nSPS) is 21.2. The van der Waals surface area contributed by atoms with Crippen molar-refractivity contribution in [2.45, 2.75) is 30.2 Å². The molecule has 1 aliphatic heterocycles. The van der Waals surface area contributed by atoms with Gasteiger partial charge in [-0.25, -0.2) is 8.42 Å². The van der Waals surface area contributed by atoms with E-state index in [1.807, 2.05) is 0 Å². The summed E-state index contributed by atoms with van der Waals surface area (Å²) in [5.41, 5.74) is 5.66. The number of nitrogens with two attached hydrogens (primary N) is 1. The number of sulfonamides is 1. The van der Waals surface area contributed by atoms with Crippen molar-refractivity contribution in [2.24, 2.45) is 5.73 Å². The van der Waals surface area contributed by atoms with Crippen molar-refractivity contribution in [3.05, 3.63) is 29.3 Å². The zero-order valence-corrected chi connectivity index (χ0v) is 12.6. The summed E-state index contributed by atoms with van der Waals surface area (Å²) >= 11 is 10.8. The summed E-state index contributed by atoms with van der Waals surface area (Å²) in [6, 6.07) is 5.75. The van der Waals surface area contributed by atoms with Crippen molar-refractivity contribution in [2.75, 3.05) is 6.54 Å². The topological polar surface area (TPSA) is 63.4 Å². The van der Waals surface area contributed by atoms with Crippen molar-refractivity contribution >= 4 is 38.8 Å². The fourth-order valence-corrected chi connectivity index (χ4v) is 4.33. The molecule has 1 aliphatic rings. The second kappa shape index (κ2) is 5.75. The van der Waals surface area contributed by atoms with Gasteiger partial charge in [0, 0.05) is 11.6 Å². The van der Waals surface area contributed by atoms with Crippen molar-refractivity contribution < 1.29 is 8.42 Å². The lowest BCUT2D eigenvalue weighted by Crippen LogP contribution is -2.49. The van der Waals surface area contributed by atoms with Crippen molar-refractivity contribution in [1.82, 2.24) is 4.31 Å². The molecule has 0 spiro atoms. The SMILES string of the molecule is NC(=S)C1CCCCN1S(=O)(=O)c1ccc(Cl)cc1. The molecule has 7 heteroatoms. The highest BCUT2D eigenvalue weighted by Crippen LogP contribution is 2.26. The lowest BCUT2D eigenvalue weighted by molar-refractivity contribution is 0.306. The highest BCUT2D eigenvalue weighted by molar-refractivity contribution is 7.89. The second-order valence-electron chi connectivity index (χ2n) is 4.48. The molecule has 2 rings (SSSR count). The van der Waals surface area contributed by atoms with Gasteiger partial charge in [0.15, 0.2) is 0 Å². The summed E-state index contributed by atoms with van der Waals surface area (Å²) in [6.45, 7) is 0.451. The van der Waals surface area contributed by atoms with Gasteiger partial charge in [0.25, 0.3) is 0 Å². The number of benzene rings is 1. The van der Waals surface area contributed by atoms with Crippen LogP contribution in [0.4, 0.5) is 0 Å². The molecule has 1 saturated heterocycles. The van der Waals surface area contributed by atoms with E-state index in [1.54, 1.807) is 12.1 Å². The summed E-state index contributed by atoms with van der Waals surface area (Å²) in [7, 11) is -3.57. The van der Waals surface area contributed by atoms with E-state index in [-0.39, 0.29) is 15.9 Å². The van der Waals surface area contributed by atoms with Crippen LogP contribution in [-0.4, -0.2) is 30.3 Å². The van der Waals surface area contributed by atoms with Crippen LogP contribution in [0, 0.1) is 0 Å². The van der Waals surface area contributed by atoms with Gasteiger partial charge < -0.3 is 5.73 Å². The van der Waals surface area contributed by atoms with Crippen molar-refractivity contribution in [1.29, 1.82) is 0 Å². The molecule has 1 atom stereocenters. The predicted molar refractivity (Wildman–Crippen MR) is 79.8 cm³/mol. The van der Waals surface area contributed by atoms with Gasteiger partial charge in [0.2, 0.25) is 10.0 Å². The van der Waals surface area contributed by atoms with E-state index < -0.39 is 10.0 Å². The summed E-state index contributed by atoms with van der Waals surface area (Å²) < 4.78 is 26.6. The van der Waals surface area contributed by atoms with Crippen LogP contribution >= 0.6 is 23.8 Å². The molecule has 1 heterocycles. The quantitative estimate of drug-likeness (QED) is 0.868. The zero-order chi connectivity index (χ0) is 14.0. The number of nitrogens with zero attached hydrogens (tertiary/aromatic N) is 1. The minimum Gasteiger partial charge on any atom is -0.392 e. The summed E-state index contributed by atoms with van der Waals surface area (Å²) in [6.07, 6.45) is 2.45. The minimum atomic E-state index is -3.57. The fourth-order valence-electron chi connectivity index (χ4n) is 2.22. The monoisotopic (exact) mass is 318 g/mol. The van der Waals surface area contributed by atoms with Gasteiger partial charge in [-0.15, -0.1) is 0 Å². The molecule has 2 N–H and O–H groups in total. The Labute approximate surface area is 123 Å². The summed E-state index contributed by atoms with van der Waals surface area (Å²) in [5, 5.41) is 0.503. The van der Waals surface area contributed by atoms with Gasteiger partial charge in [-0.1, -0.05) is 30.2 Å². The number of halogens is 1. The van der Waals surface area contributed by atoms with Crippen molar-refractivity contribution in [3.8, 4) is 0 Å². The molecule has 4 nitrogen and oxygen atoms in total. The van der Waals surface area contributed by atoms with Gasteiger partial charge in [0.05, 0.1) is 15.9 Å². The highest BCUT2D eigenvalue weighted by atomic mass is 35.5. The smallest absolute Gasteiger partial charge is 0.243 e. The van der Waals surface area contributed by atoms with Gasteiger partial charge in [0.1, 0.15) is 0 Å². The van der Waals surface area contributed by atoms with E-state index in [4.69, 9.17) is 29.6 Å². The van der Waals surface area contributed by atoms with E-state index in [0.717, 1.165) is 12.8 Å². The predicted octanol–water partition coefficient (Wildman–Crippen LogP) is 2.17. The van der Waals surface area contributed by atoms with Crippen LogP contribution in [0.1, 0.15) is 19.3 Å². The Balaban J connectivity index is 2.37. The molecule has 0 saturated carbocycles. The Morgan fingerprint density at radius 1 is 1.32 bits per heavy atom. The fraction of sp³-hybridized carbons (Fsp3) is 0.417. The van der Waals surface area contributed by atoms with Crippen LogP contribution in [-0.2, 0) is 10.0 Å².